The molecule has 1 aromatic carbocycles. The van der Waals surface area contributed by atoms with Crippen LogP contribution in [0.15, 0.2) is 35.8 Å². The minimum absolute atomic E-state index is 0.202. The van der Waals surface area contributed by atoms with Crippen LogP contribution in [0.1, 0.15) is 23.2 Å². The van der Waals surface area contributed by atoms with Gasteiger partial charge in [0, 0.05) is 28.8 Å². The molecule has 0 bridgehead atoms. The first kappa shape index (κ1) is 13.3. The first-order valence-corrected chi connectivity index (χ1v) is 7.74. The van der Waals surface area contributed by atoms with Crippen LogP contribution in [0, 0.1) is 6.92 Å². The second kappa shape index (κ2) is 5.38. The molecule has 104 valence electrons. The van der Waals surface area contributed by atoms with Crippen molar-refractivity contribution in [1.82, 2.24) is 9.55 Å². The Morgan fingerprint density at radius 2 is 2.20 bits per heavy atom. The Bertz CT molecular complexity index is 724. The summed E-state index contributed by atoms with van der Waals surface area (Å²) >= 11 is 1.72. The highest BCUT2D eigenvalue weighted by Gasteiger charge is 2.06. The molecule has 0 amide bonds. The summed E-state index contributed by atoms with van der Waals surface area (Å²) in [6.07, 6.45) is 3.06. The molecule has 0 saturated carbocycles. The topological polar surface area (TPSA) is 43.8 Å². The van der Waals surface area contributed by atoms with Crippen molar-refractivity contribution in [1.29, 1.82) is 0 Å². The lowest BCUT2D eigenvalue weighted by Gasteiger charge is -2.07. The monoisotopic (exact) mass is 285 g/mol. The van der Waals surface area contributed by atoms with Crippen LogP contribution in [0.25, 0.3) is 10.9 Å². The number of hydrogen-bond donors (Lipinski definition) is 1. The van der Waals surface area contributed by atoms with Crippen LogP contribution in [0.5, 0.6) is 0 Å². The molecule has 0 radical (unpaired) electrons. The molecule has 1 atom stereocenters. The van der Waals surface area contributed by atoms with Crippen molar-refractivity contribution in [3.05, 3.63) is 52.1 Å². The Labute approximate surface area is 123 Å². The molecule has 4 heteroatoms. The molecule has 0 aliphatic carbocycles. The lowest BCUT2D eigenvalue weighted by Crippen LogP contribution is -2.17. The van der Waals surface area contributed by atoms with E-state index in [0.717, 1.165) is 23.7 Å². The van der Waals surface area contributed by atoms with Gasteiger partial charge in [-0.25, -0.2) is 4.98 Å². The molecule has 20 heavy (non-hydrogen) atoms. The van der Waals surface area contributed by atoms with Gasteiger partial charge in [-0.1, -0.05) is 6.07 Å². The summed E-state index contributed by atoms with van der Waals surface area (Å²) < 4.78 is 2.25. The number of thiazole rings is 1. The van der Waals surface area contributed by atoms with Gasteiger partial charge in [0.05, 0.1) is 6.54 Å². The number of rotatable bonds is 4. The number of nitrogens with two attached hydrogens (primary N) is 1. The lowest BCUT2D eigenvalue weighted by molar-refractivity contribution is 0.738. The highest BCUT2D eigenvalue weighted by atomic mass is 32.1. The lowest BCUT2D eigenvalue weighted by atomic mass is 10.1. The van der Waals surface area contributed by atoms with Crippen molar-refractivity contribution in [2.75, 3.05) is 0 Å². The first-order chi connectivity index (χ1) is 9.61. The Kier molecular flexibility index (Phi) is 3.59. The van der Waals surface area contributed by atoms with Crippen molar-refractivity contribution in [3.8, 4) is 0 Å². The molecule has 3 aromatic rings. The van der Waals surface area contributed by atoms with Crippen LogP contribution in [-0.4, -0.2) is 15.6 Å². The molecule has 3 nitrogen and oxygen atoms in total. The average molecular weight is 285 g/mol. The number of nitrogens with zero attached hydrogens (tertiary/aromatic N) is 2. The Morgan fingerprint density at radius 1 is 1.35 bits per heavy atom. The quantitative estimate of drug-likeness (QED) is 0.799. The molecule has 3 rings (SSSR count). The maximum Gasteiger partial charge on any atom is 0.113 e. The molecule has 2 aromatic heterocycles. The fourth-order valence-electron chi connectivity index (χ4n) is 2.51. The van der Waals surface area contributed by atoms with E-state index in [1.165, 1.54) is 16.5 Å². The Balaban J connectivity index is 1.89. The van der Waals surface area contributed by atoms with E-state index in [9.17, 15) is 0 Å². The zero-order valence-electron chi connectivity index (χ0n) is 11.8. The smallest absolute Gasteiger partial charge is 0.113 e. The van der Waals surface area contributed by atoms with Gasteiger partial charge in [0.15, 0.2) is 0 Å². The van der Waals surface area contributed by atoms with Crippen molar-refractivity contribution >= 4 is 22.2 Å². The summed E-state index contributed by atoms with van der Waals surface area (Å²) in [6, 6.07) is 8.97. The summed E-state index contributed by atoms with van der Waals surface area (Å²) in [6.45, 7) is 4.92. The van der Waals surface area contributed by atoms with Crippen molar-refractivity contribution < 1.29 is 0 Å². The zero-order valence-corrected chi connectivity index (χ0v) is 12.7. The highest BCUT2D eigenvalue weighted by Crippen LogP contribution is 2.20. The summed E-state index contributed by atoms with van der Waals surface area (Å²) in [5.74, 6) is 0. The molecule has 0 saturated heterocycles. The van der Waals surface area contributed by atoms with Crippen LogP contribution in [0.2, 0.25) is 0 Å². The van der Waals surface area contributed by atoms with Crippen LogP contribution in [0.3, 0.4) is 0 Å². The minimum Gasteiger partial charge on any atom is -0.341 e. The van der Waals surface area contributed by atoms with Gasteiger partial charge in [-0.15, -0.1) is 11.3 Å². The van der Waals surface area contributed by atoms with Gasteiger partial charge >= 0.3 is 0 Å². The standard InChI is InChI=1S/C16H19N3S/c1-11(17)7-13-3-4-15-14(8-13)5-6-19(15)9-16-18-12(2)10-20-16/h3-6,8,10-11H,7,9,17H2,1-2H3. The predicted octanol–water partition coefficient (Wildman–Crippen LogP) is 3.34. The van der Waals surface area contributed by atoms with Gasteiger partial charge in [0.2, 0.25) is 0 Å². The molecule has 2 heterocycles. The summed E-state index contributed by atoms with van der Waals surface area (Å²) in [5, 5.41) is 4.53. The second-order valence-corrected chi connectivity index (χ2v) is 6.34. The Hall–Kier alpha value is -1.65. The van der Waals surface area contributed by atoms with E-state index in [1.807, 2.05) is 13.8 Å². The summed E-state index contributed by atoms with van der Waals surface area (Å²) in [5.41, 5.74) is 9.52. The number of benzene rings is 1. The summed E-state index contributed by atoms with van der Waals surface area (Å²) in [7, 11) is 0. The van der Waals surface area contributed by atoms with Gasteiger partial charge in [-0.05, 0) is 49.4 Å². The van der Waals surface area contributed by atoms with Crippen molar-refractivity contribution in [2.24, 2.45) is 5.73 Å². The van der Waals surface area contributed by atoms with Crippen LogP contribution in [0.4, 0.5) is 0 Å². The van der Waals surface area contributed by atoms with Gasteiger partial charge < -0.3 is 10.3 Å². The molecular weight excluding hydrogens is 266 g/mol. The molecule has 1 unspecified atom stereocenters. The SMILES string of the molecule is Cc1csc(Cn2ccc3cc(CC(C)N)ccc32)n1. The molecular formula is C16H19N3S. The first-order valence-electron chi connectivity index (χ1n) is 6.86. The third-order valence-electron chi connectivity index (χ3n) is 3.37. The van der Waals surface area contributed by atoms with Crippen molar-refractivity contribution in [3.63, 3.8) is 0 Å². The second-order valence-electron chi connectivity index (χ2n) is 5.40. The van der Waals surface area contributed by atoms with Gasteiger partial charge in [0.25, 0.3) is 0 Å². The van der Waals surface area contributed by atoms with E-state index in [0.29, 0.717) is 0 Å². The predicted molar refractivity (Wildman–Crippen MR) is 85.2 cm³/mol. The Morgan fingerprint density at radius 3 is 2.90 bits per heavy atom. The van der Waals surface area contributed by atoms with Crippen LogP contribution < -0.4 is 5.73 Å². The maximum absolute atomic E-state index is 5.87. The normalized spacial score (nSPS) is 12.9. The number of fused-ring (bicyclic) bond motifs is 1. The van der Waals surface area contributed by atoms with E-state index in [4.69, 9.17) is 5.73 Å². The van der Waals surface area contributed by atoms with Gasteiger partial charge in [-0.3, -0.25) is 0 Å². The van der Waals surface area contributed by atoms with E-state index >= 15 is 0 Å². The van der Waals surface area contributed by atoms with Crippen LogP contribution in [-0.2, 0) is 13.0 Å². The van der Waals surface area contributed by atoms with E-state index in [-0.39, 0.29) is 6.04 Å². The van der Waals surface area contributed by atoms with Gasteiger partial charge in [-0.2, -0.15) is 0 Å². The third-order valence-corrected chi connectivity index (χ3v) is 4.32. The number of hydrogen-bond acceptors (Lipinski definition) is 3. The highest BCUT2D eigenvalue weighted by molar-refractivity contribution is 7.09. The molecule has 0 aliphatic rings. The number of aromatic nitrogens is 2. The van der Waals surface area contributed by atoms with Crippen LogP contribution >= 0.6 is 11.3 Å². The minimum atomic E-state index is 0.202. The fraction of sp³-hybridized carbons (Fsp3) is 0.312. The third kappa shape index (κ3) is 2.76. The van der Waals surface area contributed by atoms with E-state index in [1.54, 1.807) is 11.3 Å². The zero-order chi connectivity index (χ0) is 14.1. The fourth-order valence-corrected chi connectivity index (χ4v) is 3.28. The molecule has 0 aliphatic heterocycles. The summed E-state index contributed by atoms with van der Waals surface area (Å²) in [4.78, 5) is 4.53. The van der Waals surface area contributed by atoms with E-state index in [2.05, 4.69) is 45.4 Å². The van der Waals surface area contributed by atoms with E-state index < -0.39 is 0 Å². The molecule has 2 N–H and O–H groups in total. The van der Waals surface area contributed by atoms with Gasteiger partial charge in [0.1, 0.15) is 5.01 Å². The maximum atomic E-state index is 5.87. The van der Waals surface area contributed by atoms with Crippen molar-refractivity contribution in [2.45, 2.75) is 32.9 Å². The largest absolute Gasteiger partial charge is 0.341 e. The molecule has 0 spiro atoms. The number of aryl methyl sites for hydroxylation is 1. The molecule has 0 fully saturated rings. The average Bonchev–Trinajstić information content (AvgIpc) is 2.96.